The summed E-state index contributed by atoms with van der Waals surface area (Å²) in [5, 5.41) is 4.62. The fourth-order valence-electron chi connectivity index (χ4n) is 4.28. The van der Waals surface area contributed by atoms with E-state index in [-0.39, 0.29) is 12.4 Å². The molecule has 0 radical (unpaired) electrons. The number of carbonyl (C=O) groups is 1. The molecule has 1 fully saturated rings. The van der Waals surface area contributed by atoms with Crippen LogP contribution in [0.25, 0.3) is 22.2 Å². The summed E-state index contributed by atoms with van der Waals surface area (Å²) in [6.45, 7) is 1.72. The molecule has 0 saturated carbocycles. The Balaban J connectivity index is 1.57. The Morgan fingerprint density at radius 1 is 1.00 bits per heavy atom. The van der Waals surface area contributed by atoms with E-state index < -0.39 is 0 Å². The summed E-state index contributed by atoms with van der Waals surface area (Å²) in [6.07, 6.45) is 3.77. The smallest absolute Gasteiger partial charge is 0.189 e. The number of Topliss-reactive ketones (excluding diaryl/α,β-unsaturated/α-hetero) is 1. The second-order valence-electron chi connectivity index (χ2n) is 7.25. The minimum atomic E-state index is 0.0543. The summed E-state index contributed by atoms with van der Waals surface area (Å²) in [5.41, 5.74) is 6.40. The number of ketones is 1. The largest absolute Gasteiger partial charge is 0.369 e. The van der Waals surface area contributed by atoms with E-state index in [1.54, 1.807) is 0 Å². The van der Waals surface area contributed by atoms with Crippen molar-refractivity contribution in [3.63, 3.8) is 0 Å². The fourth-order valence-corrected chi connectivity index (χ4v) is 4.28. The van der Waals surface area contributed by atoms with Gasteiger partial charge in [-0.25, -0.2) is 0 Å². The molecular weight excluding hydrogens is 324 g/mol. The summed E-state index contributed by atoms with van der Waals surface area (Å²) in [6, 6.07) is 15.1. The van der Waals surface area contributed by atoms with Gasteiger partial charge in [0.05, 0.1) is 12.3 Å². The Kier molecular flexibility index (Phi) is 3.88. The van der Waals surface area contributed by atoms with Crippen molar-refractivity contribution in [3.8, 4) is 11.3 Å². The van der Waals surface area contributed by atoms with E-state index in [2.05, 4.69) is 34.6 Å². The van der Waals surface area contributed by atoms with Crippen molar-refractivity contribution in [2.45, 2.75) is 31.9 Å². The molecule has 26 heavy (non-hydrogen) atoms. The van der Waals surface area contributed by atoms with Gasteiger partial charge in [-0.15, -0.1) is 0 Å². The number of aromatic nitrogens is 1. The molecule has 4 nitrogen and oxygen atoms in total. The van der Waals surface area contributed by atoms with Crippen molar-refractivity contribution in [3.05, 3.63) is 59.2 Å². The molecular formula is C22H22N2O2. The van der Waals surface area contributed by atoms with Crippen molar-refractivity contribution in [2.24, 2.45) is 0 Å². The summed E-state index contributed by atoms with van der Waals surface area (Å²) in [4.78, 5) is 15.8. The van der Waals surface area contributed by atoms with Crippen molar-refractivity contribution in [2.75, 3.05) is 13.2 Å². The van der Waals surface area contributed by atoms with Crippen LogP contribution in [0.2, 0.25) is 0 Å². The van der Waals surface area contributed by atoms with Crippen LogP contribution in [-0.2, 0) is 11.3 Å². The highest BCUT2D eigenvalue weighted by Gasteiger charge is 2.23. The van der Waals surface area contributed by atoms with Crippen LogP contribution in [0.4, 0.5) is 0 Å². The van der Waals surface area contributed by atoms with E-state index in [1.807, 2.05) is 18.2 Å². The number of carbonyl (C=O) groups excluding carboxylic acids is 1. The van der Waals surface area contributed by atoms with Crippen LogP contribution in [0.5, 0.6) is 0 Å². The SMILES string of the molecule is O=C1COCc2c(-c3ccc([C@H]4CCCCN4)cc3)[nH]c3cccc1c23. The Bertz CT molecular complexity index is 966. The Labute approximate surface area is 152 Å². The molecule has 5 rings (SSSR count). The highest BCUT2D eigenvalue weighted by Crippen LogP contribution is 2.35. The number of ether oxygens (including phenoxy) is 1. The monoisotopic (exact) mass is 346 g/mol. The predicted octanol–water partition coefficient (Wildman–Crippen LogP) is 4.36. The summed E-state index contributed by atoms with van der Waals surface area (Å²) in [7, 11) is 0. The lowest BCUT2D eigenvalue weighted by Gasteiger charge is -2.24. The molecule has 1 atom stereocenters. The number of piperidine rings is 1. The number of H-pyrrole nitrogens is 1. The molecule has 3 heterocycles. The average Bonchev–Trinajstić information content (AvgIpc) is 2.98. The van der Waals surface area contributed by atoms with Gasteiger partial charge in [0.1, 0.15) is 6.61 Å². The van der Waals surface area contributed by atoms with Gasteiger partial charge in [0, 0.05) is 28.1 Å². The fraction of sp³-hybridized carbons (Fsp3) is 0.318. The molecule has 2 aliphatic rings. The van der Waals surface area contributed by atoms with Crippen LogP contribution >= 0.6 is 0 Å². The van der Waals surface area contributed by atoms with E-state index in [1.165, 1.54) is 24.8 Å². The van der Waals surface area contributed by atoms with Gasteiger partial charge in [0.15, 0.2) is 5.78 Å². The molecule has 0 spiro atoms. The Morgan fingerprint density at radius 2 is 1.88 bits per heavy atom. The zero-order chi connectivity index (χ0) is 17.5. The van der Waals surface area contributed by atoms with E-state index in [9.17, 15) is 4.79 Å². The molecule has 132 valence electrons. The third-order valence-corrected chi connectivity index (χ3v) is 5.62. The summed E-state index contributed by atoms with van der Waals surface area (Å²) >= 11 is 0. The van der Waals surface area contributed by atoms with Crippen LogP contribution in [0.1, 0.15) is 46.8 Å². The minimum absolute atomic E-state index is 0.0543. The highest BCUT2D eigenvalue weighted by atomic mass is 16.5. The lowest BCUT2D eigenvalue weighted by molar-refractivity contribution is 0.0742. The summed E-state index contributed by atoms with van der Waals surface area (Å²) < 4.78 is 5.64. The maximum Gasteiger partial charge on any atom is 0.189 e. The van der Waals surface area contributed by atoms with Gasteiger partial charge in [-0.05, 0) is 36.6 Å². The second kappa shape index (κ2) is 6.38. The predicted molar refractivity (Wildman–Crippen MR) is 102 cm³/mol. The molecule has 0 amide bonds. The van der Waals surface area contributed by atoms with Gasteiger partial charge in [-0.2, -0.15) is 0 Å². The van der Waals surface area contributed by atoms with E-state index in [0.717, 1.165) is 39.8 Å². The molecule has 0 bridgehead atoms. The van der Waals surface area contributed by atoms with Gasteiger partial charge in [0.2, 0.25) is 0 Å². The van der Waals surface area contributed by atoms with Crippen LogP contribution < -0.4 is 5.32 Å². The topological polar surface area (TPSA) is 54.1 Å². The average molecular weight is 346 g/mol. The standard InChI is InChI=1S/C22H22N2O2/c25-20-13-26-12-17-21-16(20)4-3-6-19(21)24-22(17)15-9-7-14(8-10-15)18-5-1-2-11-23-18/h3-4,6-10,18,23-24H,1-2,5,11-13H2/t18-/m1/s1. The van der Waals surface area contributed by atoms with Crippen molar-refractivity contribution in [1.82, 2.24) is 10.3 Å². The van der Waals surface area contributed by atoms with Gasteiger partial charge in [-0.3, -0.25) is 4.79 Å². The molecule has 2 N–H and O–H groups in total. The molecule has 0 unspecified atom stereocenters. The Morgan fingerprint density at radius 3 is 2.69 bits per heavy atom. The van der Waals surface area contributed by atoms with Crippen LogP contribution in [0, 0.1) is 0 Å². The lowest BCUT2D eigenvalue weighted by Crippen LogP contribution is -2.26. The molecule has 3 aromatic rings. The number of rotatable bonds is 2. The number of hydrogen-bond acceptors (Lipinski definition) is 3. The first-order valence-electron chi connectivity index (χ1n) is 9.39. The minimum Gasteiger partial charge on any atom is -0.369 e. The molecule has 0 aliphatic carbocycles. The highest BCUT2D eigenvalue weighted by molar-refractivity contribution is 6.11. The van der Waals surface area contributed by atoms with E-state index >= 15 is 0 Å². The van der Waals surface area contributed by atoms with Crippen molar-refractivity contribution >= 4 is 16.7 Å². The molecule has 2 aromatic carbocycles. The van der Waals surface area contributed by atoms with Crippen molar-refractivity contribution < 1.29 is 9.53 Å². The van der Waals surface area contributed by atoms with E-state index in [0.29, 0.717) is 12.6 Å². The molecule has 4 heteroatoms. The van der Waals surface area contributed by atoms with Crippen molar-refractivity contribution in [1.29, 1.82) is 0 Å². The summed E-state index contributed by atoms with van der Waals surface area (Å²) in [5.74, 6) is 0.0543. The molecule has 1 saturated heterocycles. The maximum absolute atomic E-state index is 12.3. The van der Waals surface area contributed by atoms with E-state index in [4.69, 9.17) is 4.74 Å². The number of nitrogens with one attached hydrogen (secondary N) is 2. The first kappa shape index (κ1) is 15.8. The second-order valence-corrected chi connectivity index (χ2v) is 7.25. The number of benzene rings is 2. The normalized spacial score (nSPS) is 20.3. The van der Waals surface area contributed by atoms with Crippen LogP contribution in [0.3, 0.4) is 0 Å². The van der Waals surface area contributed by atoms with Crippen LogP contribution in [0.15, 0.2) is 42.5 Å². The lowest BCUT2D eigenvalue weighted by atomic mass is 9.95. The first-order valence-corrected chi connectivity index (χ1v) is 9.39. The Hall–Kier alpha value is -2.43. The molecule has 1 aromatic heterocycles. The quantitative estimate of drug-likeness (QED) is 0.725. The molecule has 2 aliphatic heterocycles. The number of hydrogen-bond donors (Lipinski definition) is 2. The van der Waals surface area contributed by atoms with Gasteiger partial charge < -0.3 is 15.0 Å². The zero-order valence-electron chi connectivity index (χ0n) is 14.7. The zero-order valence-corrected chi connectivity index (χ0v) is 14.7. The maximum atomic E-state index is 12.3. The number of aromatic amines is 1. The van der Waals surface area contributed by atoms with Crippen LogP contribution in [-0.4, -0.2) is 23.9 Å². The van der Waals surface area contributed by atoms with Gasteiger partial charge in [0.25, 0.3) is 0 Å². The third kappa shape index (κ3) is 2.57. The first-order chi connectivity index (χ1) is 12.8. The third-order valence-electron chi connectivity index (χ3n) is 5.62. The van der Waals surface area contributed by atoms with Gasteiger partial charge in [-0.1, -0.05) is 42.8 Å². The van der Waals surface area contributed by atoms with Gasteiger partial charge >= 0.3 is 0 Å².